The Balaban J connectivity index is 1.58. The van der Waals surface area contributed by atoms with E-state index < -0.39 is 30.3 Å². The summed E-state index contributed by atoms with van der Waals surface area (Å²) in [5.41, 5.74) is 1.03. The minimum Gasteiger partial charge on any atom is -0.493 e. The van der Waals surface area contributed by atoms with Gasteiger partial charge in [0.15, 0.2) is 0 Å². The topological polar surface area (TPSA) is 136 Å². The summed E-state index contributed by atoms with van der Waals surface area (Å²) in [5, 5.41) is 29.0. The van der Waals surface area contributed by atoms with Crippen LogP contribution in [0.3, 0.4) is 0 Å². The number of ether oxygens (including phenoxy) is 1. The van der Waals surface area contributed by atoms with Crippen molar-refractivity contribution in [3.8, 4) is 34.1 Å². The monoisotopic (exact) mass is 580 g/mol. The van der Waals surface area contributed by atoms with Gasteiger partial charge < -0.3 is 30.0 Å². The van der Waals surface area contributed by atoms with Crippen LogP contribution in [0.5, 0.6) is 11.6 Å². The van der Waals surface area contributed by atoms with Gasteiger partial charge in [0, 0.05) is 14.7 Å². The lowest BCUT2D eigenvalue weighted by atomic mass is 10.1. The molecule has 4 rings (SSSR count). The van der Waals surface area contributed by atoms with Gasteiger partial charge in [-0.15, -0.1) is 0 Å². The highest BCUT2D eigenvalue weighted by Crippen LogP contribution is 2.31. The first-order valence-electron chi connectivity index (χ1n) is 10.3. The first-order chi connectivity index (χ1) is 16.3. The molecule has 0 saturated heterocycles. The highest BCUT2D eigenvalue weighted by molar-refractivity contribution is 14.1. The van der Waals surface area contributed by atoms with E-state index in [4.69, 9.17) is 9.84 Å². The van der Waals surface area contributed by atoms with E-state index in [1.165, 1.54) is 12.3 Å². The van der Waals surface area contributed by atoms with Crippen molar-refractivity contribution >= 4 is 22.6 Å². The first-order valence-corrected chi connectivity index (χ1v) is 11.4. The number of halogens is 2. The Morgan fingerprint density at radius 2 is 1.94 bits per heavy atom. The van der Waals surface area contributed by atoms with Crippen LogP contribution in [-0.2, 0) is 0 Å². The van der Waals surface area contributed by atoms with E-state index >= 15 is 0 Å². The number of aromatic hydroxyl groups is 1. The maximum Gasteiger partial charge on any atom is 0.329 e. The number of aromatic amines is 2. The van der Waals surface area contributed by atoms with E-state index in [2.05, 4.69) is 15.0 Å². The van der Waals surface area contributed by atoms with Crippen LogP contribution in [0.15, 0.2) is 53.5 Å². The molecule has 2 aromatic carbocycles. The van der Waals surface area contributed by atoms with Gasteiger partial charge in [-0.25, -0.2) is 14.2 Å². The minimum absolute atomic E-state index is 0.0664. The zero-order valence-corrected chi connectivity index (χ0v) is 20.2. The summed E-state index contributed by atoms with van der Waals surface area (Å²) >= 11 is 2.03. The van der Waals surface area contributed by atoms with E-state index in [1.807, 2.05) is 22.6 Å². The number of aliphatic hydroxyl groups is 2. The Morgan fingerprint density at radius 3 is 2.62 bits per heavy atom. The van der Waals surface area contributed by atoms with Crippen LogP contribution < -0.4 is 10.4 Å². The van der Waals surface area contributed by atoms with Crippen molar-refractivity contribution in [2.45, 2.75) is 19.1 Å². The van der Waals surface area contributed by atoms with Crippen LogP contribution >= 0.6 is 22.6 Å². The van der Waals surface area contributed by atoms with Crippen LogP contribution in [-0.4, -0.2) is 54.2 Å². The van der Waals surface area contributed by atoms with E-state index in [0.29, 0.717) is 28.4 Å². The van der Waals surface area contributed by atoms with Crippen molar-refractivity contribution < 1.29 is 24.4 Å². The molecule has 0 spiro atoms. The zero-order valence-electron chi connectivity index (χ0n) is 18.0. The molecule has 0 aliphatic heterocycles. The normalized spacial score (nSPS) is 13.1. The van der Waals surface area contributed by atoms with Crippen molar-refractivity contribution in [1.29, 1.82) is 0 Å². The number of hydrogen-bond donors (Lipinski definition) is 5. The summed E-state index contributed by atoms with van der Waals surface area (Å²) in [7, 11) is 0. The molecule has 0 bridgehead atoms. The first kappa shape index (κ1) is 24.0. The fourth-order valence-corrected chi connectivity index (χ4v) is 3.93. The van der Waals surface area contributed by atoms with Gasteiger partial charge in [-0.1, -0.05) is 0 Å². The maximum atomic E-state index is 14.3. The average molecular weight is 580 g/mol. The fourth-order valence-electron chi connectivity index (χ4n) is 3.48. The van der Waals surface area contributed by atoms with Gasteiger partial charge in [-0.05, 0) is 72.0 Å². The highest BCUT2D eigenvalue weighted by Gasteiger charge is 2.23. The third-order valence-electron chi connectivity index (χ3n) is 5.30. The largest absolute Gasteiger partial charge is 0.493 e. The fraction of sp³-hybridized carbons (Fsp3) is 0.217. The number of aliphatic hydroxyl groups excluding tert-OH is 2. The number of benzene rings is 2. The molecule has 0 unspecified atom stereocenters. The van der Waals surface area contributed by atoms with Crippen molar-refractivity contribution in [2.24, 2.45) is 0 Å². The van der Waals surface area contributed by atoms with Crippen LogP contribution in [0.25, 0.3) is 22.5 Å². The molecule has 0 radical (unpaired) electrons. The molecule has 5 N–H and O–H groups in total. The number of rotatable bonds is 8. The van der Waals surface area contributed by atoms with E-state index in [1.54, 1.807) is 43.3 Å². The number of imidazole rings is 2. The smallest absolute Gasteiger partial charge is 0.329 e. The van der Waals surface area contributed by atoms with Gasteiger partial charge in [-0.3, -0.25) is 4.57 Å². The molecule has 0 aliphatic carbocycles. The molecule has 2 heterocycles. The molecule has 0 fully saturated rings. The van der Waals surface area contributed by atoms with E-state index in [9.17, 15) is 19.4 Å². The predicted molar refractivity (Wildman–Crippen MR) is 131 cm³/mol. The number of H-pyrrole nitrogens is 2. The Morgan fingerprint density at radius 1 is 1.21 bits per heavy atom. The molecular weight excluding hydrogens is 558 g/mol. The van der Waals surface area contributed by atoms with Crippen LogP contribution in [0, 0.1) is 9.39 Å². The molecule has 2 atom stereocenters. The number of nitrogens with one attached hydrogen (secondary N) is 2. The minimum atomic E-state index is -0.986. The predicted octanol–water partition coefficient (Wildman–Crippen LogP) is 3.02. The summed E-state index contributed by atoms with van der Waals surface area (Å²) in [6.45, 7) is 1.22. The lowest BCUT2D eigenvalue weighted by Crippen LogP contribution is -2.21. The number of hydrogen-bond acceptors (Lipinski definition) is 6. The highest BCUT2D eigenvalue weighted by atomic mass is 127. The van der Waals surface area contributed by atoms with Crippen molar-refractivity contribution in [3.05, 3.63) is 74.4 Å². The van der Waals surface area contributed by atoms with Gasteiger partial charge in [0.25, 0.3) is 0 Å². The lowest BCUT2D eigenvalue weighted by Gasteiger charge is -2.12. The molecule has 4 aromatic rings. The van der Waals surface area contributed by atoms with Gasteiger partial charge in [0.2, 0.25) is 5.88 Å². The second-order valence-corrected chi connectivity index (χ2v) is 8.90. The molecule has 0 aliphatic rings. The quantitative estimate of drug-likeness (QED) is 0.204. The third kappa shape index (κ3) is 4.86. The van der Waals surface area contributed by atoms with Crippen molar-refractivity contribution in [3.63, 3.8) is 0 Å². The summed E-state index contributed by atoms with van der Waals surface area (Å²) in [4.78, 5) is 22.6. The molecule has 9 nitrogen and oxygen atoms in total. The molecular formula is C23H22FIN4O5. The lowest BCUT2D eigenvalue weighted by molar-refractivity contribution is 0.0536. The second-order valence-electron chi connectivity index (χ2n) is 7.65. The van der Waals surface area contributed by atoms with Gasteiger partial charge >= 0.3 is 5.69 Å². The van der Waals surface area contributed by atoms with Crippen molar-refractivity contribution in [1.82, 2.24) is 19.5 Å². The van der Waals surface area contributed by atoms with E-state index in [0.717, 1.165) is 8.14 Å². The summed E-state index contributed by atoms with van der Waals surface area (Å²) in [6.07, 6.45) is 0.499. The Hall–Kier alpha value is -3.16. The Kier molecular flexibility index (Phi) is 7.05. The summed E-state index contributed by atoms with van der Waals surface area (Å²) in [6, 6.07) is 10.7. The van der Waals surface area contributed by atoms with Crippen LogP contribution in [0.1, 0.15) is 18.8 Å². The second kappa shape index (κ2) is 9.99. The molecule has 178 valence electrons. The van der Waals surface area contributed by atoms with Gasteiger partial charge in [0.1, 0.15) is 35.8 Å². The van der Waals surface area contributed by atoms with Crippen molar-refractivity contribution in [2.75, 3.05) is 13.2 Å². The molecule has 0 amide bonds. The standard InChI is InChI=1S/C23H22FIN4O5/c1-12(21-26-9-19(27-21)17-7-4-14(25)8-18(17)24)29-22(32)20(28-23(29)33)13-2-5-16(6-3-13)34-11-15(31)10-30/h2-9,12,15,30-32H,10-11H2,1H3,(H,26,27)(H,28,33)/t12-,15-/m1/s1. The number of aromatic nitrogens is 4. The molecule has 0 saturated carbocycles. The third-order valence-corrected chi connectivity index (χ3v) is 5.97. The summed E-state index contributed by atoms with van der Waals surface area (Å²) < 4.78 is 21.6. The number of nitrogens with zero attached hydrogens (tertiary/aromatic N) is 2. The maximum absolute atomic E-state index is 14.3. The molecule has 34 heavy (non-hydrogen) atoms. The summed E-state index contributed by atoms with van der Waals surface area (Å²) in [5.74, 6) is 0.163. The van der Waals surface area contributed by atoms with Crippen LogP contribution in [0.2, 0.25) is 0 Å². The molecule has 2 aromatic heterocycles. The van der Waals surface area contributed by atoms with Gasteiger partial charge in [0.05, 0.1) is 24.5 Å². The molecule has 11 heteroatoms. The van der Waals surface area contributed by atoms with Crippen LogP contribution in [0.4, 0.5) is 4.39 Å². The Bertz CT molecular complexity index is 1350. The van der Waals surface area contributed by atoms with E-state index in [-0.39, 0.29) is 18.2 Å². The Labute approximate surface area is 207 Å². The van der Waals surface area contributed by atoms with Gasteiger partial charge in [-0.2, -0.15) is 0 Å². The SMILES string of the molecule is C[C@H](c1ncc(-c2ccc(I)cc2F)[nH]1)n1c(O)c(-c2ccc(OC[C@H](O)CO)cc2)[nH]c1=O. The zero-order chi connectivity index (χ0) is 24.4. The average Bonchev–Trinajstić information content (AvgIpc) is 3.42.